The third-order valence-corrected chi connectivity index (χ3v) is 5.36. The van der Waals surface area contributed by atoms with Crippen LogP contribution in [0, 0.1) is 10.1 Å². The number of carbonyl (C=O) groups excluding carboxylic acids is 2. The molecule has 0 spiro atoms. The van der Waals surface area contributed by atoms with Crippen LogP contribution in [0.25, 0.3) is 10.9 Å². The molecule has 1 saturated heterocycles. The number of nitro groups is 1. The molecule has 160 valence electrons. The number of carbonyl (C=O) groups is 2. The SMILES string of the molecule is O=C(CCN1CCN(C(=O)c2n[nH]c3ccccc23)CC1)Nc1ccccc1[N+](=O)[O-]. The van der Waals surface area contributed by atoms with E-state index in [0.29, 0.717) is 38.4 Å². The number of nitro benzene ring substituents is 1. The average Bonchev–Trinajstić information content (AvgIpc) is 3.22. The maximum absolute atomic E-state index is 12.8. The smallest absolute Gasteiger partial charge is 0.292 e. The van der Waals surface area contributed by atoms with Crippen molar-refractivity contribution in [2.24, 2.45) is 0 Å². The van der Waals surface area contributed by atoms with E-state index in [-0.39, 0.29) is 29.6 Å². The van der Waals surface area contributed by atoms with Crippen molar-refractivity contribution >= 4 is 34.1 Å². The van der Waals surface area contributed by atoms with Gasteiger partial charge in [0.15, 0.2) is 5.69 Å². The summed E-state index contributed by atoms with van der Waals surface area (Å²) in [6, 6.07) is 13.6. The summed E-state index contributed by atoms with van der Waals surface area (Å²) in [5, 5.41) is 21.5. The molecule has 1 fully saturated rings. The second-order valence-electron chi connectivity index (χ2n) is 7.32. The Hall–Kier alpha value is -3.79. The lowest BCUT2D eigenvalue weighted by Crippen LogP contribution is -2.49. The molecule has 4 rings (SSSR count). The zero-order valence-corrected chi connectivity index (χ0v) is 16.8. The van der Waals surface area contributed by atoms with Crippen LogP contribution in [0.5, 0.6) is 0 Å². The molecule has 2 N–H and O–H groups in total. The predicted octanol–water partition coefficient (Wildman–Crippen LogP) is 2.26. The van der Waals surface area contributed by atoms with E-state index < -0.39 is 4.92 Å². The van der Waals surface area contributed by atoms with Gasteiger partial charge in [0, 0.05) is 50.6 Å². The van der Waals surface area contributed by atoms with Crippen LogP contribution < -0.4 is 5.32 Å². The van der Waals surface area contributed by atoms with Gasteiger partial charge in [0.2, 0.25) is 5.91 Å². The van der Waals surface area contributed by atoms with E-state index >= 15 is 0 Å². The molecule has 10 nitrogen and oxygen atoms in total. The second-order valence-corrected chi connectivity index (χ2v) is 7.32. The molecule has 2 amide bonds. The van der Waals surface area contributed by atoms with Crippen molar-refractivity contribution in [3.63, 3.8) is 0 Å². The topological polar surface area (TPSA) is 124 Å². The Labute approximate surface area is 178 Å². The lowest BCUT2D eigenvalue weighted by atomic mass is 10.2. The molecule has 0 saturated carbocycles. The molecule has 2 aromatic carbocycles. The van der Waals surface area contributed by atoms with E-state index in [1.54, 1.807) is 17.0 Å². The first kappa shape index (κ1) is 20.5. The van der Waals surface area contributed by atoms with Crippen molar-refractivity contribution in [2.75, 3.05) is 38.0 Å². The van der Waals surface area contributed by atoms with Crippen LogP contribution in [0.2, 0.25) is 0 Å². The number of H-pyrrole nitrogens is 1. The summed E-state index contributed by atoms with van der Waals surface area (Å²) in [6.07, 6.45) is 0.212. The quantitative estimate of drug-likeness (QED) is 0.464. The Morgan fingerprint density at radius 1 is 1.06 bits per heavy atom. The van der Waals surface area contributed by atoms with Gasteiger partial charge >= 0.3 is 0 Å². The van der Waals surface area contributed by atoms with Crippen LogP contribution in [0.3, 0.4) is 0 Å². The predicted molar refractivity (Wildman–Crippen MR) is 115 cm³/mol. The van der Waals surface area contributed by atoms with E-state index in [2.05, 4.69) is 20.4 Å². The number of nitrogens with one attached hydrogen (secondary N) is 2. The Morgan fingerprint density at radius 2 is 1.77 bits per heavy atom. The normalized spacial score (nSPS) is 14.5. The molecule has 0 atom stereocenters. The number of anilines is 1. The van der Waals surface area contributed by atoms with Gasteiger partial charge in [-0.25, -0.2) is 0 Å². The molecule has 3 aromatic rings. The van der Waals surface area contributed by atoms with Gasteiger partial charge in [-0.05, 0) is 12.1 Å². The van der Waals surface area contributed by atoms with Gasteiger partial charge in [-0.3, -0.25) is 29.7 Å². The molecular formula is C21H22N6O4. The largest absolute Gasteiger partial charge is 0.335 e. The number of hydrogen-bond donors (Lipinski definition) is 2. The van der Waals surface area contributed by atoms with E-state index in [1.165, 1.54) is 12.1 Å². The van der Waals surface area contributed by atoms with Gasteiger partial charge in [0.25, 0.3) is 11.6 Å². The average molecular weight is 422 g/mol. The molecule has 10 heteroatoms. The molecule has 1 aliphatic rings. The summed E-state index contributed by atoms with van der Waals surface area (Å²) in [5.41, 5.74) is 1.31. The number of rotatable bonds is 6. The van der Waals surface area contributed by atoms with Crippen molar-refractivity contribution in [3.8, 4) is 0 Å². The lowest BCUT2D eigenvalue weighted by Gasteiger charge is -2.34. The Bertz CT molecular complexity index is 1120. The number of para-hydroxylation sites is 3. The molecule has 0 unspecified atom stereocenters. The van der Waals surface area contributed by atoms with Crippen LogP contribution in [-0.2, 0) is 4.79 Å². The van der Waals surface area contributed by atoms with Gasteiger partial charge in [-0.15, -0.1) is 0 Å². The highest BCUT2D eigenvalue weighted by molar-refractivity contribution is 6.04. The first-order valence-corrected chi connectivity index (χ1v) is 10.0. The summed E-state index contributed by atoms with van der Waals surface area (Å²) < 4.78 is 0. The minimum Gasteiger partial charge on any atom is -0.335 e. The highest BCUT2D eigenvalue weighted by atomic mass is 16.6. The van der Waals surface area contributed by atoms with Crippen LogP contribution in [0.1, 0.15) is 16.9 Å². The standard InChI is InChI=1S/C21H22N6O4/c28-19(22-17-7-3-4-8-18(17)27(30)31)9-10-25-11-13-26(14-12-25)21(29)20-15-5-1-2-6-16(15)23-24-20/h1-8H,9-14H2,(H,22,28)(H,23,24). The van der Waals surface area contributed by atoms with E-state index in [0.717, 1.165) is 10.9 Å². The van der Waals surface area contributed by atoms with Gasteiger partial charge < -0.3 is 10.2 Å². The molecular weight excluding hydrogens is 400 g/mol. The zero-order chi connectivity index (χ0) is 21.8. The number of aromatic amines is 1. The van der Waals surface area contributed by atoms with Crippen LogP contribution >= 0.6 is 0 Å². The third kappa shape index (κ3) is 4.53. The Kier molecular flexibility index (Phi) is 5.89. The van der Waals surface area contributed by atoms with E-state index in [9.17, 15) is 19.7 Å². The van der Waals surface area contributed by atoms with Crippen molar-refractivity contribution in [3.05, 3.63) is 64.3 Å². The van der Waals surface area contributed by atoms with Crippen LogP contribution in [0.15, 0.2) is 48.5 Å². The summed E-state index contributed by atoms with van der Waals surface area (Å²) in [5.74, 6) is -0.387. The fraction of sp³-hybridized carbons (Fsp3) is 0.286. The molecule has 1 aliphatic heterocycles. The number of benzene rings is 2. The number of fused-ring (bicyclic) bond motifs is 1. The van der Waals surface area contributed by atoms with Gasteiger partial charge in [0.05, 0.1) is 10.4 Å². The first-order chi connectivity index (χ1) is 15.0. The molecule has 0 bridgehead atoms. The summed E-state index contributed by atoms with van der Waals surface area (Å²) >= 11 is 0. The highest BCUT2D eigenvalue weighted by Gasteiger charge is 2.25. The summed E-state index contributed by atoms with van der Waals surface area (Å²) in [4.78, 5) is 39.5. The van der Waals surface area contributed by atoms with Crippen LogP contribution in [0.4, 0.5) is 11.4 Å². The number of hydrogen-bond acceptors (Lipinski definition) is 6. The van der Waals surface area contributed by atoms with Crippen molar-refractivity contribution < 1.29 is 14.5 Å². The fourth-order valence-corrected chi connectivity index (χ4v) is 3.66. The van der Waals surface area contributed by atoms with Crippen LogP contribution in [-0.4, -0.2) is 69.5 Å². The monoisotopic (exact) mass is 422 g/mol. The van der Waals surface area contributed by atoms with Gasteiger partial charge in [0.1, 0.15) is 5.69 Å². The number of piperazine rings is 1. The summed E-state index contributed by atoms with van der Waals surface area (Å²) in [6.45, 7) is 2.90. The van der Waals surface area contributed by atoms with E-state index in [4.69, 9.17) is 0 Å². The fourth-order valence-electron chi connectivity index (χ4n) is 3.66. The minimum atomic E-state index is -0.519. The molecule has 0 aliphatic carbocycles. The Morgan fingerprint density at radius 3 is 2.55 bits per heavy atom. The number of nitrogens with zero attached hydrogens (tertiary/aromatic N) is 4. The van der Waals surface area contributed by atoms with E-state index in [1.807, 2.05) is 24.3 Å². The molecule has 1 aromatic heterocycles. The Balaban J connectivity index is 1.27. The minimum absolute atomic E-state index is 0.105. The van der Waals surface area contributed by atoms with Gasteiger partial charge in [-0.2, -0.15) is 5.10 Å². The zero-order valence-electron chi connectivity index (χ0n) is 16.8. The first-order valence-electron chi connectivity index (χ1n) is 10.0. The van der Waals surface area contributed by atoms with Crippen molar-refractivity contribution in [1.29, 1.82) is 0 Å². The maximum Gasteiger partial charge on any atom is 0.292 e. The molecule has 31 heavy (non-hydrogen) atoms. The van der Waals surface area contributed by atoms with Crippen molar-refractivity contribution in [2.45, 2.75) is 6.42 Å². The molecule has 2 heterocycles. The maximum atomic E-state index is 12.8. The third-order valence-electron chi connectivity index (χ3n) is 5.36. The lowest BCUT2D eigenvalue weighted by molar-refractivity contribution is -0.383. The number of amides is 2. The van der Waals surface area contributed by atoms with Crippen molar-refractivity contribution in [1.82, 2.24) is 20.0 Å². The highest BCUT2D eigenvalue weighted by Crippen LogP contribution is 2.23. The summed E-state index contributed by atoms with van der Waals surface area (Å²) in [7, 11) is 0. The molecule has 0 radical (unpaired) electrons. The second kappa shape index (κ2) is 8.92. The van der Waals surface area contributed by atoms with Gasteiger partial charge in [-0.1, -0.05) is 30.3 Å². The number of aromatic nitrogens is 2.